The van der Waals surface area contributed by atoms with E-state index in [-0.39, 0.29) is 17.2 Å². The number of hydrogen-bond donors (Lipinski definition) is 2. The number of hydrogen-bond acceptors (Lipinski definition) is 6. The molecule has 2 heterocycles. The minimum atomic E-state index is -3.53. The van der Waals surface area contributed by atoms with Gasteiger partial charge in [-0.15, -0.1) is 0 Å². The molecule has 3 rings (SSSR count). The second-order valence-corrected chi connectivity index (χ2v) is 7.22. The molecule has 1 aromatic carbocycles. The standard InChI is InChI=1S/C17H18N4O4S/c1-25-16-9-8-12(11-19-16)20-15(22)7-4-10-18-17-13-5-2-3-6-14(13)26(23,24)21-17/h2-3,5-6,8-9,11H,4,7,10H2,1H3,(H,18,21)(H,20,22). The number of ether oxygens (including phenoxy) is 1. The summed E-state index contributed by atoms with van der Waals surface area (Å²) >= 11 is 0. The fourth-order valence-electron chi connectivity index (χ4n) is 2.48. The summed E-state index contributed by atoms with van der Waals surface area (Å²) in [7, 11) is -2.01. The van der Waals surface area contributed by atoms with Crippen molar-refractivity contribution in [2.45, 2.75) is 17.7 Å². The van der Waals surface area contributed by atoms with Crippen molar-refractivity contribution in [3.8, 4) is 5.88 Å². The molecule has 0 spiro atoms. The maximum absolute atomic E-state index is 12.0. The molecular weight excluding hydrogens is 356 g/mol. The molecule has 0 radical (unpaired) electrons. The number of carbonyl (C=O) groups is 1. The molecule has 136 valence electrons. The van der Waals surface area contributed by atoms with Gasteiger partial charge in [-0.25, -0.2) is 13.4 Å². The molecule has 0 atom stereocenters. The van der Waals surface area contributed by atoms with E-state index in [1.807, 2.05) is 0 Å². The second-order valence-electron chi connectivity index (χ2n) is 5.57. The number of anilines is 1. The molecule has 1 aromatic heterocycles. The monoisotopic (exact) mass is 374 g/mol. The summed E-state index contributed by atoms with van der Waals surface area (Å²) in [6.07, 6.45) is 2.27. The van der Waals surface area contributed by atoms with Crippen molar-refractivity contribution in [1.82, 2.24) is 9.71 Å². The maximum Gasteiger partial charge on any atom is 0.263 e. The first-order chi connectivity index (χ1) is 12.5. The van der Waals surface area contributed by atoms with Gasteiger partial charge in [-0.2, -0.15) is 0 Å². The van der Waals surface area contributed by atoms with Crippen LogP contribution in [0.5, 0.6) is 5.88 Å². The highest BCUT2D eigenvalue weighted by molar-refractivity contribution is 7.90. The number of benzene rings is 1. The van der Waals surface area contributed by atoms with E-state index in [2.05, 4.69) is 20.0 Å². The predicted molar refractivity (Wildman–Crippen MR) is 96.8 cm³/mol. The number of fused-ring (bicyclic) bond motifs is 1. The van der Waals surface area contributed by atoms with Crippen LogP contribution in [0.3, 0.4) is 0 Å². The number of aliphatic imine (C=N–C) groups is 1. The molecule has 0 bridgehead atoms. The lowest BCUT2D eigenvalue weighted by Gasteiger charge is -2.05. The van der Waals surface area contributed by atoms with Crippen molar-refractivity contribution < 1.29 is 17.9 Å². The normalized spacial score (nSPS) is 16.0. The number of carbonyl (C=O) groups excluding carboxylic acids is 1. The Bertz CT molecular complexity index is 939. The number of methoxy groups -OCH3 is 1. The van der Waals surface area contributed by atoms with Gasteiger partial charge in [0.1, 0.15) is 5.84 Å². The van der Waals surface area contributed by atoms with Crippen molar-refractivity contribution in [2.24, 2.45) is 4.99 Å². The molecule has 9 heteroatoms. The molecular formula is C17H18N4O4S. The van der Waals surface area contributed by atoms with Gasteiger partial charge in [-0.1, -0.05) is 12.1 Å². The van der Waals surface area contributed by atoms with Crippen LogP contribution in [0.1, 0.15) is 18.4 Å². The van der Waals surface area contributed by atoms with Gasteiger partial charge in [-0.05, 0) is 24.6 Å². The van der Waals surface area contributed by atoms with Crippen LogP contribution in [0.15, 0.2) is 52.5 Å². The van der Waals surface area contributed by atoms with E-state index in [1.165, 1.54) is 19.4 Å². The van der Waals surface area contributed by atoms with E-state index in [9.17, 15) is 13.2 Å². The minimum absolute atomic E-state index is 0.162. The van der Waals surface area contributed by atoms with E-state index >= 15 is 0 Å². The van der Waals surface area contributed by atoms with E-state index in [4.69, 9.17) is 4.74 Å². The molecule has 0 saturated carbocycles. The second kappa shape index (κ2) is 7.52. The number of amidine groups is 1. The highest BCUT2D eigenvalue weighted by Crippen LogP contribution is 2.22. The Labute approximate surface area is 151 Å². The third-order valence-electron chi connectivity index (χ3n) is 3.72. The summed E-state index contributed by atoms with van der Waals surface area (Å²) < 4.78 is 31.4. The molecule has 0 aliphatic carbocycles. The zero-order chi connectivity index (χ0) is 18.6. The van der Waals surface area contributed by atoms with Gasteiger partial charge in [0.05, 0.1) is 23.9 Å². The molecule has 2 aromatic rings. The summed E-state index contributed by atoms with van der Waals surface area (Å²) in [5.41, 5.74) is 1.14. The fraction of sp³-hybridized carbons (Fsp3) is 0.235. The van der Waals surface area contributed by atoms with Gasteiger partial charge in [0.2, 0.25) is 11.8 Å². The van der Waals surface area contributed by atoms with Crippen molar-refractivity contribution in [3.63, 3.8) is 0 Å². The zero-order valence-electron chi connectivity index (χ0n) is 14.1. The molecule has 1 aliphatic heterocycles. The van der Waals surface area contributed by atoms with E-state index in [0.29, 0.717) is 35.9 Å². The van der Waals surface area contributed by atoms with Crippen LogP contribution in [-0.2, 0) is 14.8 Å². The zero-order valence-corrected chi connectivity index (χ0v) is 14.9. The average Bonchev–Trinajstić information content (AvgIpc) is 2.90. The summed E-state index contributed by atoms with van der Waals surface area (Å²) in [5.74, 6) is 0.628. The average molecular weight is 374 g/mol. The Kier molecular flexibility index (Phi) is 5.17. The highest BCUT2D eigenvalue weighted by Gasteiger charge is 2.29. The van der Waals surface area contributed by atoms with Crippen LogP contribution < -0.4 is 14.8 Å². The lowest BCUT2D eigenvalue weighted by atomic mass is 10.2. The van der Waals surface area contributed by atoms with Crippen LogP contribution >= 0.6 is 0 Å². The lowest BCUT2D eigenvalue weighted by molar-refractivity contribution is -0.116. The van der Waals surface area contributed by atoms with Gasteiger partial charge < -0.3 is 10.1 Å². The summed E-state index contributed by atoms with van der Waals surface area (Å²) in [5, 5.41) is 2.73. The van der Waals surface area contributed by atoms with Crippen molar-refractivity contribution in [2.75, 3.05) is 19.0 Å². The molecule has 0 saturated heterocycles. The first kappa shape index (κ1) is 17.9. The Hall–Kier alpha value is -2.94. The Morgan fingerprint density at radius 3 is 2.81 bits per heavy atom. The van der Waals surface area contributed by atoms with Crippen LogP contribution in [-0.4, -0.2) is 38.8 Å². The molecule has 1 amide bonds. The third kappa shape index (κ3) is 3.99. The predicted octanol–water partition coefficient (Wildman–Crippen LogP) is 1.55. The van der Waals surface area contributed by atoms with Crippen molar-refractivity contribution >= 4 is 27.5 Å². The third-order valence-corrected chi connectivity index (χ3v) is 5.12. The van der Waals surface area contributed by atoms with Gasteiger partial charge in [0.15, 0.2) is 0 Å². The van der Waals surface area contributed by atoms with Crippen molar-refractivity contribution in [1.29, 1.82) is 0 Å². The van der Waals surface area contributed by atoms with E-state index in [0.717, 1.165) is 0 Å². The largest absolute Gasteiger partial charge is 0.481 e. The smallest absolute Gasteiger partial charge is 0.263 e. The minimum Gasteiger partial charge on any atom is -0.481 e. The number of aromatic nitrogens is 1. The molecule has 8 nitrogen and oxygen atoms in total. The van der Waals surface area contributed by atoms with E-state index in [1.54, 1.807) is 30.3 Å². The first-order valence-electron chi connectivity index (χ1n) is 7.96. The molecule has 0 fully saturated rings. The van der Waals surface area contributed by atoms with Gasteiger partial charge >= 0.3 is 0 Å². The number of nitrogens with zero attached hydrogens (tertiary/aromatic N) is 2. The fourth-order valence-corrected chi connectivity index (χ4v) is 3.73. The summed E-state index contributed by atoms with van der Waals surface area (Å²) in [4.78, 5) is 20.4. The van der Waals surface area contributed by atoms with Gasteiger partial charge in [0, 0.05) is 24.6 Å². The molecule has 2 N–H and O–H groups in total. The van der Waals surface area contributed by atoms with E-state index < -0.39 is 10.0 Å². The van der Waals surface area contributed by atoms with Crippen LogP contribution in [0.4, 0.5) is 5.69 Å². The Morgan fingerprint density at radius 1 is 1.27 bits per heavy atom. The first-order valence-corrected chi connectivity index (χ1v) is 9.44. The highest BCUT2D eigenvalue weighted by atomic mass is 32.2. The number of nitrogens with one attached hydrogen (secondary N) is 2. The summed E-state index contributed by atoms with van der Waals surface area (Å²) in [6, 6.07) is 10.0. The van der Waals surface area contributed by atoms with Crippen LogP contribution in [0, 0.1) is 0 Å². The quantitative estimate of drug-likeness (QED) is 0.746. The maximum atomic E-state index is 12.0. The van der Waals surface area contributed by atoms with Crippen LogP contribution in [0.2, 0.25) is 0 Å². The Balaban J connectivity index is 1.52. The Morgan fingerprint density at radius 2 is 2.08 bits per heavy atom. The number of pyridine rings is 1. The SMILES string of the molecule is COc1ccc(NC(=O)CCCN=C2NS(=O)(=O)c3ccccc32)cn1. The number of rotatable bonds is 6. The van der Waals surface area contributed by atoms with Crippen LogP contribution in [0.25, 0.3) is 0 Å². The number of amides is 1. The number of sulfonamides is 1. The summed E-state index contributed by atoms with van der Waals surface area (Å²) in [6.45, 7) is 0.334. The molecule has 1 aliphatic rings. The molecule has 26 heavy (non-hydrogen) atoms. The topological polar surface area (TPSA) is 110 Å². The molecule has 0 unspecified atom stereocenters. The lowest BCUT2D eigenvalue weighted by Crippen LogP contribution is -2.22. The van der Waals surface area contributed by atoms with Gasteiger partial charge in [0.25, 0.3) is 10.0 Å². The van der Waals surface area contributed by atoms with Gasteiger partial charge in [-0.3, -0.25) is 14.5 Å². The van der Waals surface area contributed by atoms with Crippen molar-refractivity contribution in [3.05, 3.63) is 48.2 Å².